The van der Waals surface area contributed by atoms with E-state index in [2.05, 4.69) is 10.2 Å². The quantitative estimate of drug-likeness (QED) is 0.815. The molecule has 3 aliphatic rings. The number of hydrogen-bond acceptors (Lipinski definition) is 4. The van der Waals surface area contributed by atoms with Gasteiger partial charge in [-0.3, -0.25) is 14.5 Å². The number of furan rings is 1. The topological polar surface area (TPSA) is 65.8 Å². The van der Waals surface area contributed by atoms with Crippen molar-refractivity contribution >= 4 is 11.8 Å². The molecule has 0 radical (unpaired) electrons. The van der Waals surface area contributed by atoms with E-state index < -0.39 is 0 Å². The Bertz CT molecular complexity index is 648. The van der Waals surface area contributed by atoms with Gasteiger partial charge in [0.1, 0.15) is 11.8 Å². The molecule has 6 heteroatoms. The molecule has 6 nitrogen and oxygen atoms in total. The van der Waals surface area contributed by atoms with Gasteiger partial charge in [0.05, 0.1) is 12.3 Å². The van der Waals surface area contributed by atoms with E-state index in [9.17, 15) is 9.59 Å². The van der Waals surface area contributed by atoms with Crippen molar-refractivity contribution in [2.24, 2.45) is 5.92 Å². The maximum atomic E-state index is 13.0. The third-order valence-corrected chi connectivity index (χ3v) is 6.72. The summed E-state index contributed by atoms with van der Waals surface area (Å²) in [5.41, 5.74) is 0. The molecule has 0 spiro atoms. The van der Waals surface area contributed by atoms with Gasteiger partial charge in [0.2, 0.25) is 11.8 Å². The highest BCUT2D eigenvalue weighted by Gasteiger charge is 2.37. The van der Waals surface area contributed by atoms with E-state index in [-0.39, 0.29) is 29.8 Å². The monoisotopic (exact) mass is 387 g/mol. The van der Waals surface area contributed by atoms with E-state index in [0.717, 1.165) is 63.9 Å². The molecule has 4 rings (SSSR count). The van der Waals surface area contributed by atoms with Gasteiger partial charge < -0.3 is 14.6 Å². The molecule has 3 heterocycles. The van der Waals surface area contributed by atoms with E-state index in [1.165, 1.54) is 19.3 Å². The third kappa shape index (κ3) is 4.27. The first kappa shape index (κ1) is 19.5. The Labute approximate surface area is 167 Å². The number of carbonyl (C=O) groups excluding carboxylic acids is 2. The normalized spacial score (nSPS) is 25.1. The van der Waals surface area contributed by atoms with E-state index >= 15 is 0 Å². The minimum absolute atomic E-state index is 0.00240. The minimum Gasteiger partial charge on any atom is -0.468 e. The van der Waals surface area contributed by atoms with Crippen LogP contribution in [0.1, 0.15) is 69.6 Å². The molecule has 2 aliphatic heterocycles. The Hall–Kier alpha value is -1.82. The van der Waals surface area contributed by atoms with Gasteiger partial charge >= 0.3 is 0 Å². The van der Waals surface area contributed by atoms with Crippen LogP contribution in [0.2, 0.25) is 0 Å². The highest BCUT2D eigenvalue weighted by molar-refractivity contribution is 5.89. The van der Waals surface area contributed by atoms with Crippen LogP contribution >= 0.6 is 0 Å². The number of hydrogen-bond donors (Lipinski definition) is 1. The molecule has 0 aromatic carbocycles. The predicted molar refractivity (Wildman–Crippen MR) is 107 cm³/mol. The average Bonchev–Trinajstić information content (AvgIpc) is 3.50. The molecule has 2 saturated heterocycles. The molecule has 2 amide bonds. The van der Waals surface area contributed by atoms with Crippen LogP contribution in [0.15, 0.2) is 22.8 Å². The zero-order valence-electron chi connectivity index (χ0n) is 16.8. The van der Waals surface area contributed by atoms with Crippen molar-refractivity contribution in [3.63, 3.8) is 0 Å². The van der Waals surface area contributed by atoms with Gasteiger partial charge in [-0.15, -0.1) is 0 Å². The zero-order chi connectivity index (χ0) is 19.3. The summed E-state index contributed by atoms with van der Waals surface area (Å²) in [6, 6.07) is 3.67. The highest BCUT2D eigenvalue weighted by atomic mass is 16.3. The van der Waals surface area contributed by atoms with Gasteiger partial charge in [0.15, 0.2) is 0 Å². The summed E-state index contributed by atoms with van der Waals surface area (Å²) >= 11 is 0. The Kier molecular flexibility index (Phi) is 6.35. The largest absolute Gasteiger partial charge is 0.468 e. The van der Waals surface area contributed by atoms with Crippen LogP contribution in [0.25, 0.3) is 0 Å². The number of amides is 2. The van der Waals surface area contributed by atoms with Crippen LogP contribution in [0.5, 0.6) is 0 Å². The predicted octanol–water partition coefficient (Wildman–Crippen LogP) is 3.10. The molecule has 154 valence electrons. The molecule has 1 aromatic heterocycles. The number of carbonyl (C=O) groups is 2. The maximum absolute atomic E-state index is 13.0. The third-order valence-electron chi connectivity index (χ3n) is 6.72. The fourth-order valence-electron chi connectivity index (χ4n) is 5.15. The van der Waals surface area contributed by atoms with Gasteiger partial charge in [0.25, 0.3) is 0 Å². The summed E-state index contributed by atoms with van der Waals surface area (Å²) in [4.78, 5) is 30.2. The molecule has 28 heavy (non-hydrogen) atoms. The van der Waals surface area contributed by atoms with Gasteiger partial charge in [-0.1, -0.05) is 19.3 Å². The van der Waals surface area contributed by atoms with E-state index in [4.69, 9.17) is 4.42 Å². The second-order valence-corrected chi connectivity index (χ2v) is 8.54. The zero-order valence-corrected chi connectivity index (χ0v) is 16.8. The summed E-state index contributed by atoms with van der Waals surface area (Å²) in [7, 11) is 0. The molecule has 3 fully saturated rings. The summed E-state index contributed by atoms with van der Waals surface area (Å²) in [6.07, 6.45) is 11.3. The Morgan fingerprint density at radius 3 is 2.54 bits per heavy atom. The maximum Gasteiger partial charge on any atom is 0.242 e. The molecule has 2 atom stereocenters. The Morgan fingerprint density at radius 1 is 1.04 bits per heavy atom. The van der Waals surface area contributed by atoms with Gasteiger partial charge in [-0.2, -0.15) is 0 Å². The van der Waals surface area contributed by atoms with Crippen molar-refractivity contribution in [3.8, 4) is 0 Å². The number of rotatable bonds is 6. The van der Waals surface area contributed by atoms with Crippen molar-refractivity contribution in [1.82, 2.24) is 15.1 Å². The first-order chi connectivity index (χ1) is 13.7. The molecule has 1 aromatic rings. The summed E-state index contributed by atoms with van der Waals surface area (Å²) in [6.45, 7) is 3.34. The first-order valence-electron chi connectivity index (χ1n) is 11.1. The lowest BCUT2D eigenvalue weighted by molar-refractivity contribution is -0.142. The van der Waals surface area contributed by atoms with Crippen LogP contribution in [-0.4, -0.2) is 53.8 Å². The Morgan fingerprint density at radius 2 is 1.82 bits per heavy atom. The van der Waals surface area contributed by atoms with E-state index in [0.29, 0.717) is 6.54 Å². The highest BCUT2D eigenvalue weighted by Crippen LogP contribution is 2.29. The number of nitrogens with zero attached hydrogens (tertiary/aromatic N) is 2. The van der Waals surface area contributed by atoms with Crippen LogP contribution < -0.4 is 5.32 Å². The van der Waals surface area contributed by atoms with Crippen LogP contribution in [0.4, 0.5) is 0 Å². The molecule has 2 unspecified atom stereocenters. The molecular weight excluding hydrogens is 354 g/mol. The van der Waals surface area contributed by atoms with Gasteiger partial charge in [-0.25, -0.2) is 0 Å². The van der Waals surface area contributed by atoms with Crippen molar-refractivity contribution in [1.29, 1.82) is 0 Å². The summed E-state index contributed by atoms with van der Waals surface area (Å²) < 4.78 is 5.65. The van der Waals surface area contributed by atoms with Gasteiger partial charge in [-0.05, 0) is 63.7 Å². The van der Waals surface area contributed by atoms with E-state index in [1.54, 1.807) is 6.26 Å². The van der Waals surface area contributed by atoms with Crippen LogP contribution in [0, 0.1) is 5.92 Å². The van der Waals surface area contributed by atoms with Gasteiger partial charge in [0, 0.05) is 19.0 Å². The standard InChI is InChI=1S/C22H33N3O3/c26-21(18-10-6-14-25(18)22(27)17-8-2-1-3-9-17)23-16-19(20-11-7-15-28-20)24-12-4-5-13-24/h7,11,15,17-19H,1-6,8-10,12-14,16H2,(H,23,26). The SMILES string of the molecule is O=C(NCC(c1ccco1)N1CCCC1)C1CCCN1C(=O)C1CCCCC1. The number of likely N-dealkylation sites (tertiary alicyclic amines) is 2. The van der Waals surface area contributed by atoms with Crippen molar-refractivity contribution in [2.75, 3.05) is 26.2 Å². The summed E-state index contributed by atoms with van der Waals surface area (Å²) in [5, 5.41) is 3.14. The number of nitrogens with one attached hydrogen (secondary N) is 1. The molecule has 1 aliphatic carbocycles. The lowest BCUT2D eigenvalue weighted by Crippen LogP contribution is -2.49. The van der Waals surface area contributed by atoms with Crippen LogP contribution in [0.3, 0.4) is 0 Å². The first-order valence-corrected chi connectivity index (χ1v) is 11.1. The second-order valence-electron chi connectivity index (χ2n) is 8.54. The molecule has 1 N–H and O–H groups in total. The lowest BCUT2D eigenvalue weighted by atomic mass is 9.88. The molecule has 1 saturated carbocycles. The average molecular weight is 388 g/mol. The lowest BCUT2D eigenvalue weighted by Gasteiger charge is -2.31. The van der Waals surface area contributed by atoms with Crippen molar-refractivity contribution in [2.45, 2.75) is 69.9 Å². The molecular formula is C22H33N3O3. The summed E-state index contributed by atoms with van der Waals surface area (Å²) in [5.74, 6) is 1.24. The molecule has 0 bridgehead atoms. The van der Waals surface area contributed by atoms with Crippen molar-refractivity contribution < 1.29 is 14.0 Å². The fraction of sp³-hybridized carbons (Fsp3) is 0.727. The van der Waals surface area contributed by atoms with E-state index in [1.807, 2.05) is 17.0 Å². The Balaban J connectivity index is 1.37. The smallest absolute Gasteiger partial charge is 0.242 e. The fourth-order valence-corrected chi connectivity index (χ4v) is 5.15. The van der Waals surface area contributed by atoms with Crippen molar-refractivity contribution in [3.05, 3.63) is 24.2 Å². The second kappa shape index (κ2) is 9.12. The van der Waals surface area contributed by atoms with Crippen LogP contribution in [-0.2, 0) is 9.59 Å². The minimum atomic E-state index is -0.301.